The number of H-pyrrole nitrogens is 1. The molecule has 1 aliphatic heterocycles. The molecule has 1 saturated carbocycles. The fourth-order valence-corrected chi connectivity index (χ4v) is 4.11. The molecule has 0 bridgehead atoms. The van der Waals surface area contributed by atoms with Gasteiger partial charge in [-0.25, -0.2) is 4.39 Å². The van der Waals surface area contributed by atoms with Crippen LogP contribution in [0.4, 0.5) is 4.39 Å². The Morgan fingerprint density at radius 1 is 1.21 bits per heavy atom. The van der Waals surface area contributed by atoms with E-state index in [2.05, 4.69) is 28.9 Å². The second-order valence-corrected chi connectivity index (χ2v) is 8.22. The number of aromatic nitrogens is 2. The molecule has 1 N–H and O–H groups in total. The maximum atomic E-state index is 13.9. The minimum Gasteiger partial charge on any atom is -0.494 e. The molecule has 1 saturated heterocycles. The lowest BCUT2D eigenvalue weighted by atomic mass is 9.95. The summed E-state index contributed by atoms with van der Waals surface area (Å²) in [6.45, 7) is 7.83. The Hall–Kier alpha value is -2.41. The largest absolute Gasteiger partial charge is 0.494 e. The van der Waals surface area contributed by atoms with E-state index in [0.717, 1.165) is 19.0 Å². The van der Waals surface area contributed by atoms with Gasteiger partial charge in [-0.3, -0.25) is 14.8 Å². The van der Waals surface area contributed by atoms with Crippen LogP contribution >= 0.6 is 0 Å². The predicted octanol–water partition coefficient (Wildman–Crippen LogP) is 3.17. The Kier molecular flexibility index (Phi) is 4.87. The zero-order chi connectivity index (χ0) is 19.9. The maximum Gasteiger partial charge on any atom is 0.271 e. The first-order chi connectivity index (χ1) is 13.4. The molecular weight excluding hydrogens is 359 g/mol. The topological polar surface area (TPSA) is 61.5 Å². The molecule has 1 aliphatic carbocycles. The van der Waals surface area contributed by atoms with Gasteiger partial charge in [0.25, 0.3) is 5.91 Å². The number of piperazine rings is 1. The zero-order valence-corrected chi connectivity index (χ0v) is 16.7. The standard InChI is InChI=1S/C21H27FN4O2/c1-21(2,15-5-6-15)26-10-8-25(9-11-26)20(27)18-13-17(23-24-18)14-4-7-19(28-3)16(22)12-14/h4,7,12-13,15H,5-6,8-11H2,1-3H3,(H,23,24). The van der Waals surface area contributed by atoms with Crippen LogP contribution in [-0.4, -0.2) is 64.7 Å². The summed E-state index contributed by atoms with van der Waals surface area (Å²) in [5.41, 5.74) is 1.79. The van der Waals surface area contributed by atoms with Gasteiger partial charge in [-0.1, -0.05) is 0 Å². The summed E-state index contributed by atoms with van der Waals surface area (Å²) in [5.74, 6) is 0.458. The van der Waals surface area contributed by atoms with E-state index in [0.29, 0.717) is 30.0 Å². The first kappa shape index (κ1) is 18.9. The van der Waals surface area contributed by atoms with E-state index in [4.69, 9.17) is 4.74 Å². The van der Waals surface area contributed by atoms with Crippen molar-refractivity contribution in [3.63, 3.8) is 0 Å². The number of hydrogen-bond donors (Lipinski definition) is 1. The van der Waals surface area contributed by atoms with Crippen LogP contribution in [0, 0.1) is 11.7 Å². The first-order valence-electron chi connectivity index (χ1n) is 9.84. The normalized spacial score (nSPS) is 18.4. The summed E-state index contributed by atoms with van der Waals surface area (Å²) in [4.78, 5) is 17.2. The van der Waals surface area contributed by atoms with Crippen LogP contribution in [0.25, 0.3) is 11.3 Å². The number of nitrogens with zero attached hydrogens (tertiary/aromatic N) is 3. The molecule has 0 atom stereocenters. The molecule has 2 heterocycles. The highest BCUT2D eigenvalue weighted by Gasteiger charge is 2.43. The molecule has 0 unspecified atom stereocenters. The Labute approximate surface area is 164 Å². The third-order valence-corrected chi connectivity index (χ3v) is 6.21. The van der Waals surface area contributed by atoms with Crippen LogP contribution in [0.2, 0.25) is 0 Å². The summed E-state index contributed by atoms with van der Waals surface area (Å²) in [6.07, 6.45) is 2.63. The molecule has 2 aromatic rings. The Morgan fingerprint density at radius 2 is 1.93 bits per heavy atom. The monoisotopic (exact) mass is 386 g/mol. The molecule has 150 valence electrons. The number of aromatic amines is 1. The van der Waals surface area contributed by atoms with Gasteiger partial charge in [0, 0.05) is 37.3 Å². The van der Waals surface area contributed by atoms with Gasteiger partial charge in [-0.15, -0.1) is 0 Å². The lowest BCUT2D eigenvalue weighted by molar-refractivity contribution is 0.0324. The molecule has 1 aromatic carbocycles. The van der Waals surface area contributed by atoms with Crippen LogP contribution < -0.4 is 4.74 Å². The van der Waals surface area contributed by atoms with E-state index in [1.165, 1.54) is 26.0 Å². The van der Waals surface area contributed by atoms with Crippen molar-refractivity contribution < 1.29 is 13.9 Å². The second kappa shape index (κ2) is 7.20. The van der Waals surface area contributed by atoms with Gasteiger partial charge in [-0.2, -0.15) is 5.10 Å². The number of carbonyl (C=O) groups excluding carboxylic acids is 1. The van der Waals surface area contributed by atoms with Crippen molar-refractivity contribution in [2.24, 2.45) is 5.92 Å². The molecule has 1 aromatic heterocycles. The van der Waals surface area contributed by atoms with Crippen molar-refractivity contribution in [1.82, 2.24) is 20.0 Å². The summed E-state index contributed by atoms with van der Waals surface area (Å²) < 4.78 is 18.9. The van der Waals surface area contributed by atoms with Gasteiger partial charge < -0.3 is 9.64 Å². The van der Waals surface area contributed by atoms with Crippen molar-refractivity contribution >= 4 is 5.91 Å². The van der Waals surface area contributed by atoms with Crippen LogP contribution in [0.15, 0.2) is 24.3 Å². The van der Waals surface area contributed by atoms with Crippen LogP contribution in [-0.2, 0) is 0 Å². The number of amides is 1. The van der Waals surface area contributed by atoms with Crippen LogP contribution in [0.5, 0.6) is 5.75 Å². The van der Waals surface area contributed by atoms with E-state index in [1.807, 2.05) is 4.90 Å². The van der Waals surface area contributed by atoms with Crippen molar-refractivity contribution in [2.75, 3.05) is 33.3 Å². The van der Waals surface area contributed by atoms with Gasteiger partial charge in [0.2, 0.25) is 0 Å². The zero-order valence-electron chi connectivity index (χ0n) is 16.7. The molecule has 4 rings (SSSR count). The lowest BCUT2D eigenvalue weighted by Gasteiger charge is -2.44. The van der Waals surface area contributed by atoms with E-state index in [9.17, 15) is 9.18 Å². The Morgan fingerprint density at radius 3 is 2.54 bits per heavy atom. The van der Waals surface area contributed by atoms with Crippen LogP contribution in [0.3, 0.4) is 0 Å². The number of methoxy groups -OCH3 is 1. The van der Waals surface area contributed by atoms with Crippen molar-refractivity contribution in [3.05, 3.63) is 35.8 Å². The smallest absolute Gasteiger partial charge is 0.271 e. The van der Waals surface area contributed by atoms with Gasteiger partial charge in [-0.05, 0) is 56.9 Å². The van der Waals surface area contributed by atoms with Gasteiger partial charge in [0.05, 0.1) is 12.8 Å². The average molecular weight is 386 g/mol. The highest BCUT2D eigenvalue weighted by atomic mass is 19.1. The number of rotatable bonds is 5. The molecule has 7 heteroatoms. The summed E-state index contributed by atoms with van der Waals surface area (Å²) in [6, 6.07) is 6.33. The number of benzene rings is 1. The summed E-state index contributed by atoms with van der Waals surface area (Å²) in [7, 11) is 1.43. The van der Waals surface area contributed by atoms with Crippen molar-refractivity contribution in [1.29, 1.82) is 0 Å². The molecule has 1 amide bonds. The number of nitrogens with one attached hydrogen (secondary N) is 1. The first-order valence-corrected chi connectivity index (χ1v) is 9.84. The highest BCUT2D eigenvalue weighted by molar-refractivity contribution is 5.93. The number of carbonyl (C=O) groups is 1. The summed E-state index contributed by atoms with van der Waals surface area (Å²) in [5, 5.41) is 7.00. The molecule has 2 fully saturated rings. The molecular formula is C21H27FN4O2. The molecule has 28 heavy (non-hydrogen) atoms. The third-order valence-electron chi connectivity index (χ3n) is 6.21. The van der Waals surface area contributed by atoms with Crippen LogP contribution in [0.1, 0.15) is 37.2 Å². The fraction of sp³-hybridized carbons (Fsp3) is 0.524. The van der Waals surface area contributed by atoms with E-state index in [-0.39, 0.29) is 17.2 Å². The SMILES string of the molecule is COc1ccc(-c2cc(C(=O)N3CCN(C(C)(C)C4CC4)CC3)[nH]n2)cc1F. The minimum atomic E-state index is -0.453. The van der Waals surface area contributed by atoms with Crippen molar-refractivity contribution in [3.8, 4) is 17.0 Å². The average Bonchev–Trinajstić information content (AvgIpc) is 3.46. The number of halogens is 1. The Bertz CT molecular complexity index is 867. The van der Waals surface area contributed by atoms with Gasteiger partial charge >= 0.3 is 0 Å². The Balaban J connectivity index is 1.42. The molecule has 0 spiro atoms. The predicted molar refractivity (Wildman–Crippen MR) is 105 cm³/mol. The highest BCUT2D eigenvalue weighted by Crippen LogP contribution is 2.43. The molecule has 2 aliphatic rings. The van der Waals surface area contributed by atoms with E-state index < -0.39 is 5.82 Å². The molecule has 0 radical (unpaired) electrons. The number of ether oxygens (including phenoxy) is 1. The second-order valence-electron chi connectivity index (χ2n) is 8.22. The third kappa shape index (κ3) is 3.51. The fourth-order valence-electron chi connectivity index (χ4n) is 4.11. The van der Waals surface area contributed by atoms with Crippen molar-refractivity contribution in [2.45, 2.75) is 32.2 Å². The maximum absolute atomic E-state index is 13.9. The summed E-state index contributed by atoms with van der Waals surface area (Å²) >= 11 is 0. The quantitative estimate of drug-likeness (QED) is 0.857. The lowest BCUT2D eigenvalue weighted by Crippen LogP contribution is -2.56. The van der Waals surface area contributed by atoms with Gasteiger partial charge in [0.1, 0.15) is 5.69 Å². The van der Waals surface area contributed by atoms with Gasteiger partial charge in [0.15, 0.2) is 11.6 Å². The number of hydrogen-bond acceptors (Lipinski definition) is 4. The minimum absolute atomic E-state index is 0.0587. The van der Waals surface area contributed by atoms with E-state index >= 15 is 0 Å². The molecule has 6 nitrogen and oxygen atoms in total. The van der Waals surface area contributed by atoms with E-state index in [1.54, 1.807) is 18.2 Å².